The number of aromatic nitrogens is 1. The van der Waals surface area contributed by atoms with Crippen molar-refractivity contribution in [1.29, 1.82) is 0 Å². The minimum absolute atomic E-state index is 0.0117. The molecular formula is C24H23N3O6. The summed E-state index contributed by atoms with van der Waals surface area (Å²) in [6.07, 6.45) is 2.49. The molecule has 1 aromatic heterocycles. The van der Waals surface area contributed by atoms with E-state index in [0.717, 1.165) is 24.1 Å². The molecule has 170 valence electrons. The van der Waals surface area contributed by atoms with Crippen LogP contribution in [0.25, 0.3) is 10.9 Å². The summed E-state index contributed by atoms with van der Waals surface area (Å²) < 4.78 is 10.3. The number of rotatable bonds is 6. The molecule has 9 heteroatoms. The van der Waals surface area contributed by atoms with Crippen molar-refractivity contribution in [2.24, 2.45) is 5.92 Å². The summed E-state index contributed by atoms with van der Waals surface area (Å²) in [5.41, 5.74) is 2.56. The van der Waals surface area contributed by atoms with E-state index in [4.69, 9.17) is 14.5 Å². The Morgan fingerprint density at radius 1 is 1.24 bits per heavy atom. The van der Waals surface area contributed by atoms with Crippen LogP contribution in [0.4, 0.5) is 11.4 Å². The molecule has 1 atom stereocenters. The normalized spacial score (nSPS) is 14.9. The van der Waals surface area contributed by atoms with E-state index in [-0.39, 0.29) is 17.1 Å². The van der Waals surface area contributed by atoms with Crippen molar-refractivity contribution in [3.63, 3.8) is 0 Å². The molecule has 33 heavy (non-hydrogen) atoms. The first kappa shape index (κ1) is 22.2. The van der Waals surface area contributed by atoms with Gasteiger partial charge < -0.3 is 14.8 Å². The van der Waals surface area contributed by atoms with Gasteiger partial charge >= 0.3 is 5.97 Å². The number of fused-ring (bicyclic) bond motifs is 2. The minimum Gasteiger partial charge on any atom is -0.496 e. The number of hydrogen-bond donors (Lipinski definition) is 1. The van der Waals surface area contributed by atoms with E-state index >= 15 is 0 Å². The third-order valence-electron chi connectivity index (χ3n) is 5.72. The number of ether oxygens (including phenoxy) is 2. The van der Waals surface area contributed by atoms with E-state index < -0.39 is 23.4 Å². The fourth-order valence-electron chi connectivity index (χ4n) is 4.08. The Morgan fingerprint density at radius 2 is 2.03 bits per heavy atom. The second-order valence-corrected chi connectivity index (χ2v) is 8.04. The highest BCUT2D eigenvalue weighted by atomic mass is 16.6. The van der Waals surface area contributed by atoms with Crippen LogP contribution in [0.15, 0.2) is 42.5 Å². The number of aryl methyl sites for hydroxylation is 1. The minimum atomic E-state index is -0.683. The van der Waals surface area contributed by atoms with Gasteiger partial charge in [0, 0.05) is 11.1 Å². The van der Waals surface area contributed by atoms with E-state index in [0.29, 0.717) is 28.8 Å². The number of carbonyl (C=O) groups excluding carboxylic acids is 2. The number of nitrogens with zero attached hydrogens (tertiary/aromatic N) is 2. The Morgan fingerprint density at radius 3 is 2.79 bits per heavy atom. The van der Waals surface area contributed by atoms with Crippen molar-refractivity contribution in [2.45, 2.75) is 26.2 Å². The largest absolute Gasteiger partial charge is 0.496 e. The lowest BCUT2D eigenvalue weighted by Crippen LogP contribution is -2.24. The predicted molar refractivity (Wildman–Crippen MR) is 121 cm³/mol. The van der Waals surface area contributed by atoms with Crippen LogP contribution in [-0.4, -0.2) is 35.5 Å². The number of carbonyl (C=O) groups is 2. The molecule has 0 aliphatic heterocycles. The molecule has 0 saturated carbocycles. The quantitative estimate of drug-likeness (QED) is 0.342. The fraction of sp³-hybridized carbons (Fsp3) is 0.292. The number of amides is 1. The van der Waals surface area contributed by atoms with Crippen molar-refractivity contribution >= 4 is 34.2 Å². The lowest BCUT2D eigenvalue weighted by atomic mass is 9.84. The van der Waals surface area contributed by atoms with E-state index in [1.807, 2.05) is 24.3 Å². The Labute approximate surface area is 189 Å². The number of anilines is 1. The summed E-state index contributed by atoms with van der Waals surface area (Å²) in [7, 11) is 1.39. The zero-order valence-electron chi connectivity index (χ0n) is 18.3. The Hall–Kier alpha value is -4.01. The van der Waals surface area contributed by atoms with Crippen LogP contribution in [0.1, 0.15) is 35.0 Å². The molecule has 0 radical (unpaired) electrons. The van der Waals surface area contributed by atoms with E-state index in [1.54, 1.807) is 0 Å². The smallest absolute Gasteiger partial charge is 0.339 e. The van der Waals surface area contributed by atoms with Crippen molar-refractivity contribution < 1.29 is 24.0 Å². The molecule has 1 unspecified atom stereocenters. The van der Waals surface area contributed by atoms with Gasteiger partial charge in [0.2, 0.25) is 0 Å². The highest BCUT2D eigenvalue weighted by molar-refractivity contribution is 6.06. The van der Waals surface area contributed by atoms with Crippen LogP contribution in [0.3, 0.4) is 0 Å². The lowest BCUT2D eigenvalue weighted by molar-refractivity contribution is -0.384. The van der Waals surface area contributed by atoms with Crippen LogP contribution >= 0.6 is 0 Å². The monoisotopic (exact) mass is 449 g/mol. The number of pyridine rings is 1. The zero-order valence-corrected chi connectivity index (χ0v) is 18.3. The first-order valence-electron chi connectivity index (χ1n) is 10.6. The molecule has 4 rings (SSSR count). The predicted octanol–water partition coefficient (Wildman–Crippen LogP) is 4.07. The highest BCUT2D eigenvalue weighted by Gasteiger charge is 2.26. The standard InChI is InChI=1S/C24H23N3O6/c1-14-7-9-19-17(11-14)23(16-5-3-4-6-18(16)25-19)24(29)33-13-22(28)26-20-10-8-15(32-2)12-21(20)27(30)31/h3-6,8,10,12,14H,7,9,11,13H2,1-2H3,(H,26,28). The van der Waals surface area contributed by atoms with Crippen LogP contribution < -0.4 is 10.1 Å². The van der Waals surface area contributed by atoms with E-state index in [9.17, 15) is 19.7 Å². The first-order chi connectivity index (χ1) is 15.9. The maximum atomic E-state index is 13.1. The number of nitro groups is 1. The molecule has 1 heterocycles. The molecule has 0 fully saturated rings. The Kier molecular flexibility index (Phi) is 6.21. The molecule has 0 saturated heterocycles. The maximum Gasteiger partial charge on any atom is 0.339 e. The molecule has 0 spiro atoms. The van der Waals surface area contributed by atoms with Crippen molar-refractivity contribution in [3.8, 4) is 5.75 Å². The SMILES string of the molecule is COc1ccc(NC(=O)COC(=O)c2c3c(nc4ccccc24)CCC(C)C3)c([N+](=O)[O-])c1. The lowest BCUT2D eigenvalue weighted by Gasteiger charge is -2.24. The number of para-hydroxylation sites is 1. The molecule has 1 N–H and O–H groups in total. The molecule has 2 aromatic carbocycles. The van der Waals surface area contributed by atoms with Crippen molar-refractivity contribution in [2.75, 3.05) is 19.0 Å². The number of hydrogen-bond acceptors (Lipinski definition) is 7. The van der Waals surface area contributed by atoms with Crippen LogP contribution in [0, 0.1) is 16.0 Å². The average Bonchev–Trinajstić information content (AvgIpc) is 2.81. The molecule has 1 amide bonds. The summed E-state index contributed by atoms with van der Waals surface area (Å²) in [5.74, 6) is -0.601. The van der Waals surface area contributed by atoms with Gasteiger partial charge in [0.05, 0.1) is 29.2 Å². The van der Waals surface area contributed by atoms with Crippen LogP contribution in [0.5, 0.6) is 5.75 Å². The Bertz CT molecular complexity index is 1260. The summed E-state index contributed by atoms with van der Waals surface area (Å²) in [6.45, 7) is 1.55. The summed E-state index contributed by atoms with van der Waals surface area (Å²) >= 11 is 0. The van der Waals surface area contributed by atoms with E-state index in [1.165, 1.54) is 25.3 Å². The topological polar surface area (TPSA) is 121 Å². The molecule has 1 aliphatic rings. The highest BCUT2D eigenvalue weighted by Crippen LogP contribution is 2.32. The second kappa shape index (κ2) is 9.23. The van der Waals surface area contributed by atoms with E-state index in [2.05, 4.69) is 12.2 Å². The Balaban J connectivity index is 1.55. The van der Waals surface area contributed by atoms with Gasteiger partial charge in [-0.1, -0.05) is 25.1 Å². The molecular weight excluding hydrogens is 426 g/mol. The number of nitro benzene ring substituents is 1. The first-order valence-corrected chi connectivity index (χ1v) is 10.6. The second-order valence-electron chi connectivity index (χ2n) is 8.04. The van der Waals surface area contributed by atoms with Gasteiger partial charge in [0.25, 0.3) is 11.6 Å². The van der Waals surface area contributed by atoms with Gasteiger partial charge in [-0.3, -0.25) is 19.9 Å². The van der Waals surface area contributed by atoms with Gasteiger partial charge in [-0.15, -0.1) is 0 Å². The molecule has 0 bridgehead atoms. The number of esters is 1. The number of methoxy groups -OCH3 is 1. The molecule has 3 aromatic rings. The van der Waals surface area contributed by atoms with Gasteiger partial charge in [-0.25, -0.2) is 4.79 Å². The summed E-state index contributed by atoms with van der Waals surface area (Å²) in [4.78, 5) is 40.9. The van der Waals surface area contributed by atoms with Gasteiger partial charge in [-0.2, -0.15) is 0 Å². The molecule has 9 nitrogen and oxygen atoms in total. The van der Waals surface area contributed by atoms with Gasteiger partial charge in [0.1, 0.15) is 11.4 Å². The fourth-order valence-corrected chi connectivity index (χ4v) is 4.08. The van der Waals surface area contributed by atoms with Gasteiger partial charge in [0.15, 0.2) is 6.61 Å². The number of benzene rings is 2. The van der Waals surface area contributed by atoms with Crippen molar-refractivity contribution in [3.05, 3.63) is 69.4 Å². The molecule has 1 aliphatic carbocycles. The summed E-state index contributed by atoms with van der Waals surface area (Å²) in [5, 5.41) is 14.4. The van der Waals surface area contributed by atoms with Crippen LogP contribution in [-0.2, 0) is 22.4 Å². The average molecular weight is 449 g/mol. The summed E-state index contributed by atoms with van der Waals surface area (Å²) in [6, 6.07) is 11.4. The van der Waals surface area contributed by atoms with Gasteiger partial charge in [-0.05, 0) is 48.9 Å². The zero-order chi connectivity index (χ0) is 23.5. The van der Waals surface area contributed by atoms with Crippen molar-refractivity contribution in [1.82, 2.24) is 4.98 Å². The third kappa shape index (κ3) is 4.62. The van der Waals surface area contributed by atoms with Crippen LogP contribution in [0.2, 0.25) is 0 Å². The number of nitrogens with one attached hydrogen (secondary N) is 1. The third-order valence-corrected chi connectivity index (χ3v) is 5.72. The maximum absolute atomic E-state index is 13.1.